The molecule has 8 nitrogen and oxygen atoms in total. The van der Waals surface area contributed by atoms with Crippen LogP contribution in [0.3, 0.4) is 0 Å². The first-order valence-corrected chi connectivity index (χ1v) is 11.9. The number of hydrogen-bond donors (Lipinski definition) is 1. The summed E-state index contributed by atoms with van der Waals surface area (Å²) in [6.45, 7) is 7.89. The van der Waals surface area contributed by atoms with Gasteiger partial charge in [-0.1, -0.05) is 23.9 Å². The van der Waals surface area contributed by atoms with Crippen molar-refractivity contribution in [3.8, 4) is 17.1 Å². The fourth-order valence-electron chi connectivity index (χ4n) is 3.43. The van der Waals surface area contributed by atoms with Gasteiger partial charge in [0.2, 0.25) is 5.91 Å². The molecule has 1 aromatic heterocycles. The molecule has 3 aromatic rings. The molecule has 0 fully saturated rings. The number of benzene rings is 2. The molecule has 9 heteroatoms. The third-order valence-electron chi connectivity index (χ3n) is 5.18. The number of amides is 2. The highest BCUT2D eigenvalue weighted by Crippen LogP contribution is 2.30. The third kappa shape index (κ3) is 5.73. The molecule has 0 radical (unpaired) electrons. The Balaban J connectivity index is 1.63. The highest BCUT2D eigenvalue weighted by atomic mass is 32.2. The second-order valence-corrected chi connectivity index (χ2v) is 8.08. The minimum atomic E-state index is -0.160. The van der Waals surface area contributed by atoms with E-state index in [0.29, 0.717) is 41.9 Å². The van der Waals surface area contributed by atoms with Crippen LogP contribution in [-0.2, 0) is 11.3 Å². The van der Waals surface area contributed by atoms with Crippen molar-refractivity contribution in [2.24, 2.45) is 0 Å². The molecular weight excluding hydrogens is 438 g/mol. The van der Waals surface area contributed by atoms with Crippen LogP contribution in [0.1, 0.15) is 31.1 Å². The summed E-state index contributed by atoms with van der Waals surface area (Å²) >= 11 is 1.32. The van der Waals surface area contributed by atoms with E-state index in [0.717, 1.165) is 11.3 Å². The standard InChI is InChI=1S/C24H29N5O3S/c1-5-28(6-2)23(31)17-12-14-18(15-13-17)25-21(30)16-33-24-27-26-22(29(24)7-3)19-10-8-9-11-20(19)32-4/h8-15H,5-7,16H2,1-4H3,(H,25,30). The lowest BCUT2D eigenvalue weighted by atomic mass is 10.2. The summed E-state index contributed by atoms with van der Waals surface area (Å²) in [5.41, 5.74) is 2.10. The topological polar surface area (TPSA) is 89.3 Å². The first-order chi connectivity index (χ1) is 16.0. The number of hydrogen-bond acceptors (Lipinski definition) is 6. The number of thioether (sulfide) groups is 1. The van der Waals surface area contributed by atoms with Crippen LogP contribution >= 0.6 is 11.8 Å². The number of methoxy groups -OCH3 is 1. The lowest BCUT2D eigenvalue weighted by molar-refractivity contribution is -0.113. The number of carbonyl (C=O) groups is 2. The van der Waals surface area contributed by atoms with Crippen molar-refractivity contribution in [3.05, 3.63) is 54.1 Å². The van der Waals surface area contributed by atoms with E-state index < -0.39 is 0 Å². The van der Waals surface area contributed by atoms with Crippen LogP contribution < -0.4 is 10.1 Å². The predicted octanol–water partition coefficient (Wildman–Crippen LogP) is 4.19. The highest BCUT2D eigenvalue weighted by molar-refractivity contribution is 7.99. The number of ether oxygens (including phenoxy) is 1. The SMILES string of the molecule is CCN(CC)C(=O)c1ccc(NC(=O)CSc2nnc(-c3ccccc3OC)n2CC)cc1. The predicted molar refractivity (Wildman–Crippen MR) is 131 cm³/mol. The lowest BCUT2D eigenvalue weighted by Gasteiger charge is -2.18. The zero-order chi connectivity index (χ0) is 23.8. The molecule has 0 aliphatic carbocycles. The number of rotatable bonds is 10. The summed E-state index contributed by atoms with van der Waals surface area (Å²) in [7, 11) is 1.62. The number of para-hydroxylation sites is 1. The van der Waals surface area contributed by atoms with Gasteiger partial charge in [0.1, 0.15) is 5.75 Å². The van der Waals surface area contributed by atoms with Crippen molar-refractivity contribution < 1.29 is 14.3 Å². The zero-order valence-corrected chi connectivity index (χ0v) is 20.2. The summed E-state index contributed by atoms with van der Waals surface area (Å²) in [6.07, 6.45) is 0. The molecule has 0 unspecified atom stereocenters. The molecule has 33 heavy (non-hydrogen) atoms. The number of anilines is 1. The molecule has 2 amide bonds. The minimum absolute atomic E-state index is 0.0156. The molecule has 1 N–H and O–H groups in total. The average molecular weight is 468 g/mol. The van der Waals surface area contributed by atoms with Crippen LogP contribution in [0.25, 0.3) is 11.4 Å². The summed E-state index contributed by atoms with van der Waals surface area (Å²) in [5, 5.41) is 12.1. The largest absolute Gasteiger partial charge is 0.496 e. The van der Waals surface area contributed by atoms with E-state index in [-0.39, 0.29) is 17.6 Å². The van der Waals surface area contributed by atoms with Crippen LogP contribution in [-0.4, -0.2) is 57.4 Å². The van der Waals surface area contributed by atoms with E-state index in [2.05, 4.69) is 15.5 Å². The fraction of sp³-hybridized carbons (Fsp3) is 0.333. The smallest absolute Gasteiger partial charge is 0.253 e. The summed E-state index contributed by atoms with van der Waals surface area (Å²) in [4.78, 5) is 26.7. The summed E-state index contributed by atoms with van der Waals surface area (Å²) in [6, 6.07) is 14.6. The van der Waals surface area contributed by atoms with Gasteiger partial charge in [0.05, 0.1) is 18.4 Å². The van der Waals surface area contributed by atoms with Crippen LogP contribution in [0.5, 0.6) is 5.75 Å². The number of nitrogens with zero attached hydrogens (tertiary/aromatic N) is 4. The Morgan fingerprint density at radius 3 is 2.36 bits per heavy atom. The van der Waals surface area contributed by atoms with Gasteiger partial charge in [0.25, 0.3) is 5.91 Å². The maximum Gasteiger partial charge on any atom is 0.253 e. The van der Waals surface area contributed by atoms with Crippen LogP contribution in [0.2, 0.25) is 0 Å². The number of nitrogens with one attached hydrogen (secondary N) is 1. The molecule has 0 saturated carbocycles. The average Bonchev–Trinajstić information content (AvgIpc) is 3.26. The van der Waals surface area contributed by atoms with E-state index in [1.165, 1.54) is 11.8 Å². The second kappa shape index (κ2) is 11.5. The molecule has 174 valence electrons. The maximum absolute atomic E-state index is 12.5. The first-order valence-electron chi connectivity index (χ1n) is 10.9. The molecular formula is C24H29N5O3S. The van der Waals surface area contributed by atoms with E-state index in [9.17, 15) is 9.59 Å². The van der Waals surface area contributed by atoms with Gasteiger partial charge in [-0.3, -0.25) is 9.59 Å². The summed E-state index contributed by atoms with van der Waals surface area (Å²) in [5.74, 6) is 1.43. The molecule has 2 aromatic carbocycles. The Kier molecular flexibility index (Phi) is 8.48. The van der Waals surface area contributed by atoms with E-state index in [1.54, 1.807) is 36.3 Å². The van der Waals surface area contributed by atoms with Gasteiger partial charge in [-0.2, -0.15) is 0 Å². The monoisotopic (exact) mass is 467 g/mol. The highest BCUT2D eigenvalue weighted by Gasteiger charge is 2.17. The first kappa shape index (κ1) is 24.3. The normalized spacial score (nSPS) is 10.7. The van der Waals surface area contributed by atoms with Gasteiger partial charge in [-0.25, -0.2) is 0 Å². The Morgan fingerprint density at radius 2 is 1.73 bits per heavy atom. The van der Waals surface area contributed by atoms with Crippen molar-refractivity contribution in [1.82, 2.24) is 19.7 Å². The van der Waals surface area contributed by atoms with Crippen LogP contribution in [0.4, 0.5) is 5.69 Å². The molecule has 0 spiro atoms. The van der Waals surface area contributed by atoms with Crippen LogP contribution in [0.15, 0.2) is 53.7 Å². The molecule has 3 rings (SSSR count). The van der Waals surface area contributed by atoms with E-state index in [1.807, 2.05) is 49.6 Å². The van der Waals surface area contributed by atoms with Gasteiger partial charge >= 0.3 is 0 Å². The Morgan fingerprint density at radius 1 is 1.03 bits per heavy atom. The van der Waals surface area contributed by atoms with E-state index >= 15 is 0 Å². The van der Waals surface area contributed by atoms with Gasteiger partial charge < -0.3 is 19.5 Å². The maximum atomic E-state index is 12.5. The lowest BCUT2D eigenvalue weighted by Crippen LogP contribution is -2.30. The van der Waals surface area contributed by atoms with Crippen molar-refractivity contribution in [1.29, 1.82) is 0 Å². The van der Waals surface area contributed by atoms with Crippen LogP contribution in [0, 0.1) is 0 Å². The third-order valence-corrected chi connectivity index (χ3v) is 6.15. The molecule has 1 heterocycles. The Labute approximate surface area is 198 Å². The second-order valence-electron chi connectivity index (χ2n) is 7.14. The molecule has 0 aliphatic heterocycles. The van der Waals surface area contributed by atoms with Gasteiger partial charge in [0, 0.05) is 30.9 Å². The van der Waals surface area contributed by atoms with Gasteiger partial charge in [0.15, 0.2) is 11.0 Å². The molecule has 0 atom stereocenters. The molecule has 0 bridgehead atoms. The van der Waals surface area contributed by atoms with E-state index in [4.69, 9.17) is 4.74 Å². The van der Waals surface area contributed by atoms with Crippen molar-refractivity contribution in [3.63, 3.8) is 0 Å². The molecule has 0 aliphatic rings. The molecule has 0 saturated heterocycles. The Bertz CT molecular complexity index is 1090. The quantitative estimate of drug-likeness (QED) is 0.450. The summed E-state index contributed by atoms with van der Waals surface area (Å²) < 4.78 is 7.41. The van der Waals surface area contributed by atoms with Gasteiger partial charge in [-0.15, -0.1) is 10.2 Å². The fourth-order valence-corrected chi connectivity index (χ4v) is 4.23. The van der Waals surface area contributed by atoms with Gasteiger partial charge in [-0.05, 0) is 57.2 Å². The van der Waals surface area contributed by atoms with Crippen molar-refractivity contribution in [2.45, 2.75) is 32.5 Å². The minimum Gasteiger partial charge on any atom is -0.496 e. The number of carbonyl (C=O) groups excluding carboxylic acids is 2. The number of aromatic nitrogens is 3. The Hall–Kier alpha value is -3.33. The van der Waals surface area contributed by atoms with Crippen molar-refractivity contribution in [2.75, 3.05) is 31.3 Å². The zero-order valence-electron chi connectivity index (χ0n) is 19.4. The van der Waals surface area contributed by atoms with Crippen molar-refractivity contribution >= 4 is 29.3 Å².